The third kappa shape index (κ3) is 3.51. The minimum atomic E-state index is -0.140. The summed E-state index contributed by atoms with van der Waals surface area (Å²) in [5, 5.41) is 12.3. The Labute approximate surface area is 99.2 Å². The summed E-state index contributed by atoms with van der Waals surface area (Å²) < 4.78 is 10.4. The lowest BCUT2D eigenvalue weighted by molar-refractivity contribution is 0.0555. The molecule has 0 aliphatic heterocycles. The van der Waals surface area contributed by atoms with Gasteiger partial charge in [0.2, 0.25) is 11.7 Å². The van der Waals surface area contributed by atoms with Crippen molar-refractivity contribution < 1.29 is 9.26 Å². The van der Waals surface area contributed by atoms with E-state index >= 15 is 0 Å². The lowest BCUT2D eigenvalue weighted by atomic mass is 10.1. The molecule has 0 bridgehead atoms. The highest BCUT2D eigenvalue weighted by atomic mass is 32.2. The van der Waals surface area contributed by atoms with E-state index in [1.807, 2.05) is 19.9 Å². The first kappa shape index (κ1) is 13.0. The number of aromatic nitrogens is 2. The Morgan fingerprint density at radius 2 is 2.31 bits per heavy atom. The summed E-state index contributed by atoms with van der Waals surface area (Å²) in [6, 6.07) is 2.05. The van der Waals surface area contributed by atoms with E-state index in [-0.39, 0.29) is 6.10 Å². The first-order valence-electron chi connectivity index (χ1n) is 4.99. The zero-order valence-electron chi connectivity index (χ0n) is 9.64. The minimum Gasteiger partial charge on any atom is -0.373 e. The zero-order valence-corrected chi connectivity index (χ0v) is 10.5. The molecule has 0 radical (unpaired) electrons. The first-order valence-corrected chi connectivity index (χ1v) is 6.14. The average molecular weight is 241 g/mol. The van der Waals surface area contributed by atoms with Crippen molar-refractivity contribution in [3.8, 4) is 6.07 Å². The van der Waals surface area contributed by atoms with Crippen LogP contribution >= 0.6 is 11.8 Å². The van der Waals surface area contributed by atoms with Gasteiger partial charge in [-0.15, -0.1) is 11.8 Å². The summed E-state index contributed by atoms with van der Waals surface area (Å²) >= 11 is 1.45. The Bertz CT molecular complexity index is 359. The number of nitrogens with zero attached hydrogens (tertiary/aromatic N) is 3. The van der Waals surface area contributed by atoms with Crippen LogP contribution in [0.3, 0.4) is 0 Å². The monoisotopic (exact) mass is 241 g/mol. The standard InChI is InChI=1S/C10H15N3O2S/c1-7(2)9(14-3)10-12-8(15-13-10)6-16-5-4-11/h7,9H,5-6H2,1-3H3. The maximum absolute atomic E-state index is 8.39. The predicted molar refractivity (Wildman–Crippen MR) is 60.7 cm³/mol. The summed E-state index contributed by atoms with van der Waals surface area (Å²) in [6.07, 6.45) is -0.140. The Morgan fingerprint density at radius 1 is 1.56 bits per heavy atom. The van der Waals surface area contributed by atoms with Crippen molar-refractivity contribution in [2.75, 3.05) is 12.9 Å². The largest absolute Gasteiger partial charge is 0.373 e. The van der Waals surface area contributed by atoms with Gasteiger partial charge in [-0.3, -0.25) is 0 Å². The maximum atomic E-state index is 8.39. The van der Waals surface area contributed by atoms with E-state index in [4.69, 9.17) is 14.5 Å². The Morgan fingerprint density at radius 3 is 2.88 bits per heavy atom. The Hall–Kier alpha value is -1.06. The van der Waals surface area contributed by atoms with E-state index in [1.165, 1.54) is 11.8 Å². The molecule has 0 saturated heterocycles. The van der Waals surface area contributed by atoms with E-state index in [9.17, 15) is 0 Å². The van der Waals surface area contributed by atoms with Crippen LogP contribution in [-0.4, -0.2) is 23.0 Å². The van der Waals surface area contributed by atoms with Crippen LogP contribution in [-0.2, 0) is 10.5 Å². The van der Waals surface area contributed by atoms with Gasteiger partial charge in [0.1, 0.15) is 6.10 Å². The fourth-order valence-electron chi connectivity index (χ4n) is 1.30. The lowest BCUT2D eigenvalue weighted by Gasteiger charge is -2.14. The fraction of sp³-hybridized carbons (Fsp3) is 0.700. The number of rotatable bonds is 6. The van der Waals surface area contributed by atoms with Crippen LogP contribution in [0.1, 0.15) is 31.7 Å². The summed E-state index contributed by atoms with van der Waals surface area (Å²) in [5.74, 6) is 2.40. The van der Waals surface area contributed by atoms with Gasteiger partial charge >= 0.3 is 0 Å². The minimum absolute atomic E-state index is 0.140. The van der Waals surface area contributed by atoms with Gasteiger partial charge in [-0.1, -0.05) is 19.0 Å². The highest BCUT2D eigenvalue weighted by molar-refractivity contribution is 7.98. The first-order chi connectivity index (χ1) is 7.69. The molecule has 1 rings (SSSR count). The average Bonchev–Trinajstić information content (AvgIpc) is 2.67. The van der Waals surface area contributed by atoms with Gasteiger partial charge in [0, 0.05) is 7.11 Å². The van der Waals surface area contributed by atoms with Gasteiger partial charge in [0.25, 0.3) is 0 Å². The normalized spacial score (nSPS) is 12.7. The van der Waals surface area contributed by atoms with Crippen LogP contribution in [0.2, 0.25) is 0 Å². The van der Waals surface area contributed by atoms with Crippen LogP contribution in [0.5, 0.6) is 0 Å². The molecule has 1 aromatic rings. The molecule has 0 amide bonds. The molecule has 0 aliphatic carbocycles. The molecule has 1 heterocycles. The van der Waals surface area contributed by atoms with Crippen LogP contribution in [0.25, 0.3) is 0 Å². The zero-order chi connectivity index (χ0) is 12.0. The SMILES string of the molecule is COC(c1noc(CSCC#N)n1)C(C)C. The Kier molecular flexibility index (Phi) is 5.29. The van der Waals surface area contributed by atoms with Gasteiger partial charge in [-0.2, -0.15) is 10.2 Å². The van der Waals surface area contributed by atoms with Crippen LogP contribution in [0.15, 0.2) is 4.52 Å². The second-order valence-electron chi connectivity index (χ2n) is 3.60. The second-order valence-corrected chi connectivity index (χ2v) is 4.58. The molecular weight excluding hydrogens is 226 g/mol. The molecule has 0 spiro atoms. The van der Waals surface area contributed by atoms with E-state index in [2.05, 4.69) is 10.1 Å². The van der Waals surface area contributed by atoms with Crippen molar-refractivity contribution in [2.24, 2.45) is 5.92 Å². The van der Waals surface area contributed by atoms with Gasteiger partial charge in [-0.25, -0.2) is 0 Å². The van der Waals surface area contributed by atoms with E-state index < -0.39 is 0 Å². The number of methoxy groups -OCH3 is 1. The molecular formula is C10H15N3O2S. The highest BCUT2D eigenvalue weighted by Crippen LogP contribution is 2.23. The summed E-state index contributed by atoms with van der Waals surface area (Å²) in [5.41, 5.74) is 0. The van der Waals surface area contributed by atoms with E-state index in [0.29, 0.717) is 29.1 Å². The van der Waals surface area contributed by atoms with Crippen molar-refractivity contribution in [1.29, 1.82) is 5.26 Å². The topological polar surface area (TPSA) is 71.9 Å². The molecule has 0 saturated carbocycles. The lowest BCUT2D eigenvalue weighted by Crippen LogP contribution is -2.10. The van der Waals surface area contributed by atoms with Crippen molar-refractivity contribution >= 4 is 11.8 Å². The molecule has 0 aromatic carbocycles. The summed E-state index contributed by atoms with van der Waals surface area (Å²) in [4.78, 5) is 4.24. The summed E-state index contributed by atoms with van der Waals surface area (Å²) in [6.45, 7) is 4.07. The molecule has 5 nitrogen and oxygen atoms in total. The number of thioether (sulfide) groups is 1. The molecule has 0 aliphatic rings. The number of nitriles is 1. The summed E-state index contributed by atoms with van der Waals surface area (Å²) in [7, 11) is 1.63. The van der Waals surface area contributed by atoms with E-state index in [0.717, 1.165) is 0 Å². The van der Waals surface area contributed by atoms with Crippen molar-refractivity contribution in [2.45, 2.75) is 25.7 Å². The van der Waals surface area contributed by atoms with E-state index in [1.54, 1.807) is 7.11 Å². The predicted octanol–water partition coefficient (Wildman–Crippen LogP) is 2.17. The van der Waals surface area contributed by atoms with Gasteiger partial charge in [0.05, 0.1) is 17.6 Å². The Balaban J connectivity index is 2.60. The molecule has 1 aromatic heterocycles. The van der Waals surface area contributed by atoms with Gasteiger partial charge < -0.3 is 9.26 Å². The van der Waals surface area contributed by atoms with Crippen molar-refractivity contribution in [3.05, 3.63) is 11.7 Å². The van der Waals surface area contributed by atoms with Crippen LogP contribution < -0.4 is 0 Å². The molecule has 1 atom stereocenters. The molecule has 6 heteroatoms. The van der Waals surface area contributed by atoms with Gasteiger partial charge in [-0.05, 0) is 5.92 Å². The van der Waals surface area contributed by atoms with Crippen LogP contribution in [0.4, 0.5) is 0 Å². The number of ether oxygens (including phenoxy) is 1. The number of hydrogen-bond donors (Lipinski definition) is 0. The van der Waals surface area contributed by atoms with Crippen molar-refractivity contribution in [1.82, 2.24) is 10.1 Å². The molecule has 0 fully saturated rings. The molecule has 1 unspecified atom stereocenters. The van der Waals surface area contributed by atoms with Crippen LogP contribution in [0, 0.1) is 17.2 Å². The fourth-order valence-corrected chi connectivity index (χ4v) is 1.79. The number of hydrogen-bond acceptors (Lipinski definition) is 6. The maximum Gasteiger partial charge on any atom is 0.236 e. The quantitative estimate of drug-likeness (QED) is 0.711. The second kappa shape index (κ2) is 6.51. The van der Waals surface area contributed by atoms with Gasteiger partial charge in [0.15, 0.2) is 0 Å². The molecule has 0 N–H and O–H groups in total. The third-order valence-electron chi connectivity index (χ3n) is 1.99. The van der Waals surface area contributed by atoms with Crippen molar-refractivity contribution in [3.63, 3.8) is 0 Å². The smallest absolute Gasteiger partial charge is 0.236 e. The third-order valence-corrected chi connectivity index (χ3v) is 2.77. The molecule has 16 heavy (non-hydrogen) atoms. The molecule has 88 valence electrons. The highest BCUT2D eigenvalue weighted by Gasteiger charge is 2.21.